The van der Waals surface area contributed by atoms with E-state index in [1.165, 1.54) is 17.4 Å². The van der Waals surface area contributed by atoms with E-state index in [4.69, 9.17) is 4.74 Å². The molecule has 2 nitrogen and oxygen atoms in total. The number of ether oxygens (including phenoxy) is 1. The fourth-order valence-electron chi connectivity index (χ4n) is 1.71. The van der Waals surface area contributed by atoms with Crippen LogP contribution in [0.2, 0.25) is 0 Å². The van der Waals surface area contributed by atoms with Crippen LogP contribution in [0.25, 0.3) is 0 Å². The van der Waals surface area contributed by atoms with Crippen molar-refractivity contribution in [2.75, 3.05) is 7.11 Å². The Balaban J connectivity index is 2.18. The van der Waals surface area contributed by atoms with Crippen LogP contribution in [0, 0.1) is 5.82 Å². The largest absolute Gasteiger partial charge is 0.495 e. The number of aliphatic hydroxyl groups is 1. The number of hydrogen-bond donors (Lipinski definition) is 1. The Morgan fingerprint density at radius 1 is 1.44 bits per heavy atom. The number of thiophene rings is 1. The minimum Gasteiger partial charge on any atom is -0.495 e. The zero-order chi connectivity index (χ0) is 13.1. The van der Waals surface area contributed by atoms with Crippen LogP contribution in [0.4, 0.5) is 4.39 Å². The molecule has 2 aromatic rings. The molecule has 0 saturated heterocycles. The highest BCUT2D eigenvalue weighted by Gasteiger charge is 2.17. The van der Waals surface area contributed by atoms with Crippen LogP contribution < -0.4 is 4.74 Å². The molecule has 0 aliphatic carbocycles. The highest BCUT2D eigenvalue weighted by atomic mass is 79.9. The molecular weight excluding hydrogens is 319 g/mol. The van der Waals surface area contributed by atoms with Crippen molar-refractivity contribution in [3.8, 4) is 5.75 Å². The summed E-state index contributed by atoms with van der Waals surface area (Å²) in [6, 6.07) is 6.62. The molecule has 0 spiro atoms. The second kappa shape index (κ2) is 5.82. The summed E-state index contributed by atoms with van der Waals surface area (Å²) < 4.78 is 19.5. The molecular formula is C13H12BrFO2S. The third-order valence-electron chi connectivity index (χ3n) is 2.61. The molecule has 1 heterocycles. The summed E-state index contributed by atoms with van der Waals surface area (Å²) in [5.74, 6) is 0.323. The number of halogens is 2. The molecule has 0 aliphatic rings. The van der Waals surface area contributed by atoms with Crippen LogP contribution in [0.1, 0.15) is 16.5 Å². The number of rotatable bonds is 4. The third-order valence-corrected chi connectivity index (χ3v) is 4.10. The summed E-state index contributed by atoms with van der Waals surface area (Å²) in [7, 11) is 1.55. The van der Waals surface area contributed by atoms with Gasteiger partial charge in [-0.25, -0.2) is 4.39 Å². The molecule has 0 amide bonds. The Labute approximate surface area is 117 Å². The average Bonchev–Trinajstić information content (AvgIpc) is 2.81. The van der Waals surface area contributed by atoms with Gasteiger partial charge in [0.1, 0.15) is 11.6 Å². The second-order valence-electron chi connectivity index (χ2n) is 3.81. The van der Waals surface area contributed by atoms with Crippen molar-refractivity contribution in [3.63, 3.8) is 0 Å². The molecule has 0 saturated carbocycles. The first-order valence-electron chi connectivity index (χ1n) is 5.35. The van der Waals surface area contributed by atoms with E-state index in [0.717, 1.165) is 4.88 Å². The van der Waals surface area contributed by atoms with Crippen LogP contribution in [0.5, 0.6) is 5.75 Å². The predicted molar refractivity (Wildman–Crippen MR) is 73.6 cm³/mol. The normalized spacial score (nSPS) is 12.4. The molecule has 0 bridgehead atoms. The van der Waals surface area contributed by atoms with Crippen molar-refractivity contribution in [1.29, 1.82) is 0 Å². The van der Waals surface area contributed by atoms with E-state index in [9.17, 15) is 9.50 Å². The van der Waals surface area contributed by atoms with Gasteiger partial charge in [-0.2, -0.15) is 0 Å². The van der Waals surface area contributed by atoms with Crippen LogP contribution in [0.15, 0.2) is 34.1 Å². The quantitative estimate of drug-likeness (QED) is 0.920. The molecule has 2 rings (SSSR count). The Bertz CT molecular complexity index is 542. The highest BCUT2D eigenvalue weighted by molar-refractivity contribution is 9.10. The molecule has 1 atom stereocenters. The van der Waals surface area contributed by atoms with Gasteiger partial charge < -0.3 is 9.84 Å². The molecule has 1 aromatic carbocycles. The lowest BCUT2D eigenvalue weighted by molar-refractivity contribution is 0.177. The smallest absolute Gasteiger partial charge is 0.135 e. The van der Waals surface area contributed by atoms with E-state index in [2.05, 4.69) is 15.9 Å². The van der Waals surface area contributed by atoms with Gasteiger partial charge in [0.05, 0.1) is 18.1 Å². The van der Waals surface area contributed by atoms with Gasteiger partial charge in [0, 0.05) is 10.9 Å². The van der Waals surface area contributed by atoms with Crippen molar-refractivity contribution in [1.82, 2.24) is 0 Å². The summed E-state index contributed by atoms with van der Waals surface area (Å²) in [5, 5.41) is 12.0. The molecule has 1 unspecified atom stereocenters. The van der Waals surface area contributed by atoms with Gasteiger partial charge in [-0.15, -0.1) is 11.3 Å². The standard InChI is InChI=1S/C13H12BrFO2S/c1-17-12-4-5-18-13(12)11(16)6-8-2-3-9(14)7-10(8)15/h2-5,7,11,16H,6H2,1H3. The fourth-order valence-corrected chi connectivity index (χ4v) is 2.89. The van der Waals surface area contributed by atoms with Crippen LogP contribution >= 0.6 is 27.3 Å². The molecule has 1 N–H and O–H groups in total. The maximum absolute atomic E-state index is 13.7. The highest BCUT2D eigenvalue weighted by Crippen LogP contribution is 2.33. The number of methoxy groups -OCH3 is 1. The topological polar surface area (TPSA) is 29.5 Å². The maximum Gasteiger partial charge on any atom is 0.135 e. The lowest BCUT2D eigenvalue weighted by Gasteiger charge is -2.11. The van der Waals surface area contributed by atoms with Gasteiger partial charge in [-0.3, -0.25) is 0 Å². The van der Waals surface area contributed by atoms with E-state index in [-0.39, 0.29) is 12.2 Å². The molecule has 18 heavy (non-hydrogen) atoms. The molecule has 1 aromatic heterocycles. The fraction of sp³-hybridized carbons (Fsp3) is 0.231. The summed E-state index contributed by atoms with van der Waals surface area (Å²) in [6.45, 7) is 0. The summed E-state index contributed by atoms with van der Waals surface area (Å²) in [6.07, 6.45) is -0.522. The van der Waals surface area contributed by atoms with E-state index in [1.807, 2.05) is 5.38 Å². The van der Waals surface area contributed by atoms with Crippen molar-refractivity contribution >= 4 is 27.3 Å². The first kappa shape index (κ1) is 13.5. The molecule has 5 heteroatoms. The van der Waals surface area contributed by atoms with E-state index in [0.29, 0.717) is 15.8 Å². The van der Waals surface area contributed by atoms with Gasteiger partial charge in [0.25, 0.3) is 0 Å². The SMILES string of the molecule is COc1ccsc1C(O)Cc1ccc(Br)cc1F. The van der Waals surface area contributed by atoms with Crippen molar-refractivity contribution in [3.05, 3.63) is 50.4 Å². The van der Waals surface area contributed by atoms with Gasteiger partial charge in [-0.1, -0.05) is 22.0 Å². The lowest BCUT2D eigenvalue weighted by Crippen LogP contribution is -2.03. The molecule has 0 radical (unpaired) electrons. The van der Waals surface area contributed by atoms with E-state index < -0.39 is 6.10 Å². The zero-order valence-electron chi connectivity index (χ0n) is 9.69. The van der Waals surface area contributed by atoms with Crippen LogP contribution in [-0.4, -0.2) is 12.2 Å². The Morgan fingerprint density at radius 3 is 2.89 bits per heavy atom. The average molecular weight is 331 g/mol. The third kappa shape index (κ3) is 2.91. The van der Waals surface area contributed by atoms with Gasteiger partial charge >= 0.3 is 0 Å². The first-order valence-corrected chi connectivity index (χ1v) is 7.02. The van der Waals surface area contributed by atoms with E-state index >= 15 is 0 Å². The first-order chi connectivity index (χ1) is 8.61. The van der Waals surface area contributed by atoms with Crippen molar-refractivity contribution in [2.24, 2.45) is 0 Å². The zero-order valence-corrected chi connectivity index (χ0v) is 12.1. The Hall–Kier alpha value is -0.910. The second-order valence-corrected chi connectivity index (χ2v) is 5.67. The number of benzene rings is 1. The number of hydrogen-bond acceptors (Lipinski definition) is 3. The van der Waals surface area contributed by atoms with Crippen molar-refractivity contribution in [2.45, 2.75) is 12.5 Å². The molecule has 96 valence electrons. The monoisotopic (exact) mass is 330 g/mol. The summed E-state index contributed by atoms with van der Waals surface area (Å²) in [4.78, 5) is 0.722. The molecule has 0 fully saturated rings. The minimum atomic E-state index is -0.754. The van der Waals surface area contributed by atoms with Crippen LogP contribution in [-0.2, 0) is 6.42 Å². The minimum absolute atomic E-state index is 0.232. The lowest BCUT2D eigenvalue weighted by atomic mass is 10.1. The Kier molecular flexibility index (Phi) is 4.37. The van der Waals surface area contributed by atoms with Gasteiger partial charge in [0.2, 0.25) is 0 Å². The van der Waals surface area contributed by atoms with E-state index in [1.54, 1.807) is 25.3 Å². The van der Waals surface area contributed by atoms with Crippen LogP contribution in [0.3, 0.4) is 0 Å². The summed E-state index contributed by atoms with van der Waals surface area (Å²) >= 11 is 4.61. The van der Waals surface area contributed by atoms with Gasteiger partial charge in [0.15, 0.2) is 0 Å². The number of aliphatic hydroxyl groups excluding tert-OH is 1. The molecule has 0 aliphatic heterocycles. The predicted octanol–water partition coefficient (Wildman–Crippen LogP) is 3.93. The Morgan fingerprint density at radius 2 is 2.22 bits per heavy atom. The maximum atomic E-state index is 13.7. The summed E-state index contributed by atoms with van der Waals surface area (Å²) in [5.41, 5.74) is 0.487. The van der Waals surface area contributed by atoms with Crippen molar-refractivity contribution < 1.29 is 14.2 Å². The van der Waals surface area contributed by atoms with Gasteiger partial charge in [-0.05, 0) is 29.1 Å².